The van der Waals surface area contributed by atoms with E-state index < -0.39 is 5.91 Å². The highest BCUT2D eigenvalue weighted by Crippen LogP contribution is 2.15. The lowest BCUT2D eigenvalue weighted by Gasteiger charge is -2.08. The molecule has 1 aromatic carbocycles. The molecule has 0 fully saturated rings. The lowest BCUT2D eigenvalue weighted by molar-refractivity contribution is 0.100. The quantitative estimate of drug-likeness (QED) is 0.769. The number of nitrogens with zero attached hydrogens (tertiary/aromatic N) is 2. The first kappa shape index (κ1) is 11.2. The van der Waals surface area contributed by atoms with Crippen LogP contribution in [0.25, 0.3) is 0 Å². The molecule has 88 valence electrons. The number of primary amides is 1. The van der Waals surface area contributed by atoms with Crippen LogP contribution in [0.3, 0.4) is 0 Å². The van der Waals surface area contributed by atoms with E-state index in [1.165, 1.54) is 0 Å². The van der Waals surface area contributed by atoms with Crippen LogP contribution in [0.5, 0.6) is 0 Å². The number of hydrogen-bond donors (Lipinski definition) is 2. The Bertz CT molecular complexity index is 559. The van der Waals surface area contributed by atoms with Crippen LogP contribution in [0.4, 0.5) is 5.69 Å². The van der Waals surface area contributed by atoms with Crippen molar-refractivity contribution in [3.63, 3.8) is 0 Å². The van der Waals surface area contributed by atoms with E-state index >= 15 is 0 Å². The highest BCUT2D eigenvalue weighted by molar-refractivity contribution is 5.93. The molecule has 17 heavy (non-hydrogen) atoms. The van der Waals surface area contributed by atoms with Crippen molar-refractivity contribution in [2.45, 2.75) is 13.5 Å². The molecule has 0 aliphatic carbocycles. The van der Waals surface area contributed by atoms with Gasteiger partial charge in [-0.15, -0.1) is 0 Å². The number of nitrogen functional groups attached to an aromatic ring is 1. The first-order valence-corrected chi connectivity index (χ1v) is 5.24. The van der Waals surface area contributed by atoms with E-state index in [0.717, 1.165) is 11.3 Å². The van der Waals surface area contributed by atoms with Gasteiger partial charge in [0.25, 0.3) is 0 Å². The number of benzene rings is 1. The highest BCUT2D eigenvalue weighted by Gasteiger charge is 2.06. The molecule has 1 heterocycles. The molecule has 5 heteroatoms. The third-order valence-electron chi connectivity index (χ3n) is 2.68. The summed E-state index contributed by atoms with van der Waals surface area (Å²) in [5.74, 6) is -0.474. The zero-order valence-electron chi connectivity index (χ0n) is 9.55. The van der Waals surface area contributed by atoms with Crippen molar-refractivity contribution in [2.24, 2.45) is 5.73 Å². The van der Waals surface area contributed by atoms with Crippen molar-refractivity contribution in [3.05, 3.63) is 47.3 Å². The summed E-state index contributed by atoms with van der Waals surface area (Å²) in [5, 5.41) is 4.18. The second-order valence-corrected chi connectivity index (χ2v) is 3.91. The third kappa shape index (κ3) is 2.28. The summed E-state index contributed by atoms with van der Waals surface area (Å²) in [4.78, 5) is 11.0. The van der Waals surface area contributed by atoms with Gasteiger partial charge in [-0.25, -0.2) is 0 Å². The summed E-state index contributed by atoms with van der Waals surface area (Å²) < 4.78 is 1.84. The number of rotatable bonds is 3. The van der Waals surface area contributed by atoms with Crippen LogP contribution in [0.1, 0.15) is 21.6 Å². The molecule has 0 atom stereocenters. The van der Waals surface area contributed by atoms with Crippen molar-refractivity contribution in [3.8, 4) is 0 Å². The summed E-state index contributed by atoms with van der Waals surface area (Å²) >= 11 is 0. The fraction of sp³-hybridized carbons (Fsp3) is 0.167. The number of amides is 1. The zero-order chi connectivity index (χ0) is 12.4. The Hall–Kier alpha value is -2.30. The Labute approximate surface area is 99.0 Å². The minimum absolute atomic E-state index is 0.420. The Morgan fingerprint density at radius 2 is 2.18 bits per heavy atom. The minimum Gasteiger partial charge on any atom is -0.398 e. The molecular formula is C12H14N4O. The van der Waals surface area contributed by atoms with Gasteiger partial charge >= 0.3 is 0 Å². The van der Waals surface area contributed by atoms with Crippen LogP contribution in [-0.4, -0.2) is 15.7 Å². The average molecular weight is 230 g/mol. The summed E-state index contributed by atoms with van der Waals surface area (Å²) in [6, 6.07) is 6.99. The molecule has 0 radical (unpaired) electrons. The lowest BCUT2D eigenvalue weighted by Crippen LogP contribution is -2.12. The van der Waals surface area contributed by atoms with Gasteiger partial charge in [0, 0.05) is 23.1 Å². The second kappa shape index (κ2) is 4.29. The third-order valence-corrected chi connectivity index (χ3v) is 2.68. The number of anilines is 1. The van der Waals surface area contributed by atoms with Crippen molar-refractivity contribution in [1.29, 1.82) is 0 Å². The van der Waals surface area contributed by atoms with E-state index in [1.54, 1.807) is 24.4 Å². The van der Waals surface area contributed by atoms with Gasteiger partial charge in [-0.05, 0) is 30.7 Å². The number of aromatic nitrogens is 2. The Morgan fingerprint density at radius 3 is 2.71 bits per heavy atom. The Kier molecular flexibility index (Phi) is 2.82. The summed E-state index contributed by atoms with van der Waals surface area (Å²) in [5.41, 5.74) is 14.0. The summed E-state index contributed by atoms with van der Waals surface area (Å²) in [6.45, 7) is 2.56. The molecule has 2 rings (SSSR count). The zero-order valence-corrected chi connectivity index (χ0v) is 9.55. The van der Waals surface area contributed by atoms with E-state index in [2.05, 4.69) is 5.10 Å². The molecule has 0 spiro atoms. The van der Waals surface area contributed by atoms with E-state index in [9.17, 15) is 4.79 Å². The first-order valence-electron chi connectivity index (χ1n) is 5.24. The number of hydrogen-bond acceptors (Lipinski definition) is 3. The van der Waals surface area contributed by atoms with E-state index in [1.807, 2.05) is 17.7 Å². The monoisotopic (exact) mass is 230 g/mol. The molecular weight excluding hydrogens is 216 g/mol. The fourth-order valence-electron chi connectivity index (χ4n) is 1.62. The van der Waals surface area contributed by atoms with Gasteiger partial charge in [0.05, 0.1) is 6.54 Å². The second-order valence-electron chi connectivity index (χ2n) is 3.91. The molecule has 0 bridgehead atoms. The average Bonchev–Trinajstić information content (AvgIpc) is 2.67. The van der Waals surface area contributed by atoms with Crippen LogP contribution in [0, 0.1) is 6.92 Å². The predicted molar refractivity (Wildman–Crippen MR) is 65.4 cm³/mol. The fourth-order valence-corrected chi connectivity index (χ4v) is 1.62. The predicted octanol–water partition coefficient (Wildman–Crippen LogP) is 0.921. The number of carbonyl (C=O) groups excluding carboxylic acids is 1. The SMILES string of the molecule is Cc1ccnn1Cc1ccc(C(N)=O)cc1N. The van der Waals surface area contributed by atoms with E-state index in [4.69, 9.17) is 11.5 Å². The van der Waals surface area contributed by atoms with Gasteiger partial charge in [-0.1, -0.05) is 6.07 Å². The number of aryl methyl sites for hydroxylation is 1. The first-order chi connectivity index (χ1) is 8.08. The highest BCUT2D eigenvalue weighted by atomic mass is 16.1. The molecule has 0 unspecified atom stereocenters. The van der Waals surface area contributed by atoms with Crippen LogP contribution < -0.4 is 11.5 Å². The molecule has 2 aromatic rings. The summed E-state index contributed by atoms with van der Waals surface area (Å²) in [6.07, 6.45) is 1.74. The molecule has 1 aromatic heterocycles. The number of carbonyl (C=O) groups is 1. The topological polar surface area (TPSA) is 86.9 Å². The van der Waals surface area contributed by atoms with Gasteiger partial charge < -0.3 is 11.5 Å². The molecule has 5 nitrogen and oxygen atoms in total. The van der Waals surface area contributed by atoms with Gasteiger partial charge in [0.1, 0.15) is 0 Å². The van der Waals surface area contributed by atoms with Crippen LogP contribution in [0.15, 0.2) is 30.5 Å². The van der Waals surface area contributed by atoms with E-state index in [0.29, 0.717) is 17.8 Å². The van der Waals surface area contributed by atoms with Crippen molar-refractivity contribution in [1.82, 2.24) is 9.78 Å². The minimum atomic E-state index is -0.474. The molecule has 0 saturated carbocycles. The van der Waals surface area contributed by atoms with E-state index in [-0.39, 0.29) is 0 Å². The van der Waals surface area contributed by atoms with Gasteiger partial charge in [-0.2, -0.15) is 5.10 Å². The van der Waals surface area contributed by atoms with Crippen LogP contribution >= 0.6 is 0 Å². The largest absolute Gasteiger partial charge is 0.398 e. The lowest BCUT2D eigenvalue weighted by atomic mass is 10.1. The van der Waals surface area contributed by atoms with Gasteiger partial charge in [-0.3, -0.25) is 9.48 Å². The molecule has 0 aliphatic rings. The maximum atomic E-state index is 11.0. The molecule has 4 N–H and O–H groups in total. The van der Waals surface area contributed by atoms with Crippen molar-refractivity contribution >= 4 is 11.6 Å². The molecule has 1 amide bonds. The smallest absolute Gasteiger partial charge is 0.248 e. The maximum absolute atomic E-state index is 11.0. The molecule has 0 aliphatic heterocycles. The Balaban J connectivity index is 2.29. The Morgan fingerprint density at radius 1 is 1.41 bits per heavy atom. The summed E-state index contributed by atoms with van der Waals surface area (Å²) in [7, 11) is 0. The number of nitrogens with two attached hydrogens (primary N) is 2. The van der Waals surface area contributed by atoms with Crippen molar-refractivity contribution < 1.29 is 4.79 Å². The van der Waals surface area contributed by atoms with Crippen LogP contribution in [-0.2, 0) is 6.54 Å². The standard InChI is InChI=1S/C12H14N4O/c1-8-4-5-15-16(8)7-10-3-2-9(12(14)17)6-11(10)13/h2-6H,7,13H2,1H3,(H2,14,17). The van der Waals surface area contributed by atoms with Gasteiger partial charge in [0.2, 0.25) is 5.91 Å². The maximum Gasteiger partial charge on any atom is 0.248 e. The molecule has 0 saturated heterocycles. The van der Waals surface area contributed by atoms with Crippen LogP contribution in [0.2, 0.25) is 0 Å². The van der Waals surface area contributed by atoms with Gasteiger partial charge in [0.15, 0.2) is 0 Å². The van der Waals surface area contributed by atoms with Crippen molar-refractivity contribution in [2.75, 3.05) is 5.73 Å². The normalized spacial score (nSPS) is 10.4.